The molecule has 1 aromatic carbocycles. The molecule has 4 atom stereocenters. The summed E-state index contributed by atoms with van der Waals surface area (Å²) < 4.78 is 28.1. The summed E-state index contributed by atoms with van der Waals surface area (Å²) in [7, 11) is 6.25. The van der Waals surface area contributed by atoms with Crippen LogP contribution in [0.5, 0.6) is 11.5 Å². The van der Waals surface area contributed by atoms with E-state index in [9.17, 15) is 4.79 Å². The Morgan fingerprint density at radius 2 is 1.89 bits per heavy atom. The van der Waals surface area contributed by atoms with Crippen LogP contribution in [0.3, 0.4) is 0 Å². The zero-order valence-electron chi connectivity index (χ0n) is 17.1. The number of rotatable bonds is 7. The van der Waals surface area contributed by atoms with E-state index in [0.29, 0.717) is 30.1 Å². The molecule has 3 rings (SSSR count). The summed E-state index contributed by atoms with van der Waals surface area (Å²) >= 11 is 0. The van der Waals surface area contributed by atoms with Gasteiger partial charge in [0.1, 0.15) is 18.0 Å². The van der Waals surface area contributed by atoms with Crippen molar-refractivity contribution in [3.8, 4) is 11.5 Å². The maximum absolute atomic E-state index is 12.8. The number of Topliss-reactive ketones (excluding diaryl/α,β-unsaturated/α-hetero) is 1. The van der Waals surface area contributed by atoms with Crippen molar-refractivity contribution in [3.63, 3.8) is 0 Å². The van der Waals surface area contributed by atoms with Crippen LogP contribution in [0.15, 0.2) is 42.4 Å². The number of carbonyl (C=O) groups excluding carboxylic acids is 1. The van der Waals surface area contributed by atoms with Gasteiger partial charge in [0.2, 0.25) is 11.5 Å². The molecule has 0 saturated carbocycles. The lowest BCUT2D eigenvalue weighted by atomic mass is 9.65. The first-order chi connectivity index (χ1) is 13.5. The number of carbonyl (C=O) groups is 1. The standard InChI is InChI=1S/C22H28O6/c1-7-10-22-12-17(26-5)18(23)20(27-6)21(22)28-19(13(22)2)14-8-9-15(24-3)16(11-14)25-4/h7-9,11,13,17,19H,1,10,12H2,2-6H3/t13-,17-,19+,22-/m1/s1. The van der Waals surface area contributed by atoms with Crippen molar-refractivity contribution in [2.45, 2.75) is 32.0 Å². The minimum atomic E-state index is -0.561. The van der Waals surface area contributed by atoms with Crippen LogP contribution in [0.4, 0.5) is 0 Å². The molecule has 0 amide bonds. The SMILES string of the molecule is C=CC[C@]12C[C@@H](OC)C(=O)C(OC)=C1O[C@H](c1ccc(OC)c(OC)c1)[C@H]2C. The molecule has 0 unspecified atom stereocenters. The molecular weight excluding hydrogens is 360 g/mol. The van der Waals surface area contributed by atoms with Gasteiger partial charge in [0.05, 0.1) is 21.3 Å². The van der Waals surface area contributed by atoms with Gasteiger partial charge < -0.3 is 23.7 Å². The van der Waals surface area contributed by atoms with E-state index in [2.05, 4.69) is 13.5 Å². The molecule has 0 bridgehead atoms. The van der Waals surface area contributed by atoms with E-state index in [-0.39, 0.29) is 23.6 Å². The largest absolute Gasteiger partial charge is 0.493 e. The molecule has 0 spiro atoms. The predicted octanol–water partition coefficient (Wildman–Crippen LogP) is 3.82. The highest BCUT2D eigenvalue weighted by atomic mass is 16.5. The highest BCUT2D eigenvalue weighted by molar-refractivity contribution is 5.99. The van der Waals surface area contributed by atoms with E-state index >= 15 is 0 Å². The quantitative estimate of drug-likeness (QED) is 0.662. The van der Waals surface area contributed by atoms with Gasteiger partial charge in [-0.1, -0.05) is 19.1 Å². The van der Waals surface area contributed by atoms with Crippen molar-refractivity contribution in [2.24, 2.45) is 11.3 Å². The van der Waals surface area contributed by atoms with Crippen LogP contribution in [-0.4, -0.2) is 40.3 Å². The van der Waals surface area contributed by atoms with Crippen molar-refractivity contribution in [2.75, 3.05) is 28.4 Å². The molecular formula is C22H28O6. The van der Waals surface area contributed by atoms with Crippen LogP contribution in [0.2, 0.25) is 0 Å². The van der Waals surface area contributed by atoms with E-state index in [4.69, 9.17) is 23.7 Å². The van der Waals surface area contributed by atoms with Crippen LogP contribution >= 0.6 is 0 Å². The van der Waals surface area contributed by atoms with Gasteiger partial charge in [0.25, 0.3) is 0 Å². The molecule has 1 aromatic rings. The van der Waals surface area contributed by atoms with E-state index in [1.807, 2.05) is 24.3 Å². The Morgan fingerprint density at radius 1 is 1.18 bits per heavy atom. The lowest BCUT2D eigenvalue weighted by Crippen LogP contribution is -2.42. The van der Waals surface area contributed by atoms with Crippen molar-refractivity contribution in [3.05, 3.63) is 47.9 Å². The molecule has 0 radical (unpaired) electrons. The Kier molecular flexibility index (Phi) is 5.70. The second kappa shape index (κ2) is 7.87. The van der Waals surface area contributed by atoms with E-state index < -0.39 is 11.5 Å². The summed E-state index contributed by atoms with van der Waals surface area (Å²) in [6.07, 6.45) is 2.23. The summed E-state index contributed by atoms with van der Waals surface area (Å²) in [4.78, 5) is 12.8. The summed E-state index contributed by atoms with van der Waals surface area (Å²) in [6.45, 7) is 6.06. The maximum atomic E-state index is 12.8. The Hall–Kier alpha value is -2.47. The van der Waals surface area contributed by atoms with E-state index in [1.165, 1.54) is 7.11 Å². The monoisotopic (exact) mass is 388 g/mol. The van der Waals surface area contributed by atoms with Gasteiger partial charge in [-0.25, -0.2) is 0 Å². The highest BCUT2D eigenvalue weighted by Crippen LogP contribution is 2.60. The Bertz CT molecular complexity index is 798. The van der Waals surface area contributed by atoms with Gasteiger partial charge in [-0.2, -0.15) is 0 Å². The number of benzene rings is 1. The number of fused-ring (bicyclic) bond motifs is 1. The third kappa shape index (κ3) is 2.96. The molecule has 6 nitrogen and oxygen atoms in total. The topological polar surface area (TPSA) is 63.2 Å². The van der Waals surface area contributed by atoms with Crippen LogP contribution in [0.25, 0.3) is 0 Å². The van der Waals surface area contributed by atoms with E-state index in [0.717, 1.165) is 5.56 Å². The highest BCUT2D eigenvalue weighted by Gasteiger charge is 2.58. The molecule has 28 heavy (non-hydrogen) atoms. The molecule has 1 heterocycles. The molecule has 0 N–H and O–H groups in total. The first kappa shape index (κ1) is 20.3. The number of ether oxygens (including phenoxy) is 5. The zero-order valence-corrected chi connectivity index (χ0v) is 17.1. The van der Waals surface area contributed by atoms with Crippen molar-refractivity contribution in [1.82, 2.24) is 0 Å². The number of methoxy groups -OCH3 is 4. The van der Waals surface area contributed by atoms with Gasteiger partial charge in [-0.05, 0) is 30.5 Å². The molecule has 2 aliphatic rings. The molecule has 1 saturated heterocycles. The third-order valence-electron chi connectivity index (χ3n) is 6.03. The van der Waals surface area contributed by atoms with Gasteiger partial charge in [-0.15, -0.1) is 6.58 Å². The lowest BCUT2D eigenvalue weighted by Gasteiger charge is -2.38. The molecule has 1 aliphatic heterocycles. The normalized spacial score (nSPS) is 29.2. The Balaban J connectivity index is 2.11. The van der Waals surface area contributed by atoms with Gasteiger partial charge in [0.15, 0.2) is 11.5 Å². The van der Waals surface area contributed by atoms with Crippen molar-refractivity contribution in [1.29, 1.82) is 0 Å². The van der Waals surface area contributed by atoms with Crippen LogP contribution in [0, 0.1) is 11.3 Å². The van der Waals surface area contributed by atoms with Gasteiger partial charge in [-0.3, -0.25) is 4.79 Å². The first-order valence-corrected chi connectivity index (χ1v) is 9.32. The number of ketones is 1. The number of hydrogen-bond donors (Lipinski definition) is 0. The van der Waals surface area contributed by atoms with Crippen LogP contribution in [0.1, 0.15) is 31.4 Å². The second-order valence-electron chi connectivity index (χ2n) is 7.25. The predicted molar refractivity (Wildman–Crippen MR) is 104 cm³/mol. The fraction of sp³-hybridized carbons (Fsp3) is 0.500. The third-order valence-corrected chi connectivity index (χ3v) is 6.03. The second-order valence-corrected chi connectivity index (χ2v) is 7.25. The molecule has 0 aromatic heterocycles. The smallest absolute Gasteiger partial charge is 0.229 e. The first-order valence-electron chi connectivity index (χ1n) is 9.32. The molecule has 1 fully saturated rings. The van der Waals surface area contributed by atoms with Gasteiger partial charge in [0, 0.05) is 18.4 Å². The van der Waals surface area contributed by atoms with Crippen LogP contribution in [-0.2, 0) is 19.0 Å². The summed E-state index contributed by atoms with van der Waals surface area (Å²) in [5.41, 5.74) is 0.534. The number of allylic oxidation sites excluding steroid dienone is 2. The van der Waals surface area contributed by atoms with Crippen molar-refractivity contribution < 1.29 is 28.5 Å². The maximum Gasteiger partial charge on any atom is 0.229 e. The average Bonchev–Trinajstić information content (AvgIpc) is 2.99. The Labute approximate surface area is 166 Å². The summed E-state index contributed by atoms with van der Waals surface area (Å²) in [5, 5.41) is 0. The fourth-order valence-electron chi connectivity index (χ4n) is 4.47. The summed E-state index contributed by atoms with van der Waals surface area (Å²) in [6, 6.07) is 5.74. The van der Waals surface area contributed by atoms with E-state index in [1.54, 1.807) is 21.3 Å². The average molecular weight is 388 g/mol. The van der Waals surface area contributed by atoms with Crippen molar-refractivity contribution >= 4 is 5.78 Å². The van der Waals surface area contributed by atoms with Gasteiger partial charge >= 0.3 is 0 Å². The Morgan fingerprint density at radius 3 is 2.46 bits per heavy atom. The fourth-order valence-corrected chi connectivity index (χ4v) is 4.47. The molecule has 1 aliphatic carbocycles. The minimum absolute atomic E-state index is 0.0644. The lowest BCUT2D eigenvalue weighted by molar-refractivity contribution is -0.132. The zero-order chi connectivity index (χ0) is 20.5. The van der Waals surface area contributed by atoms with Crippen LogP contribution < -0.4 is 9.47 Å². The molecule has 152 valence electrons. The number of hydrogen-bond acceptors (Lipinski definition) is 6. The summed E-state index contributed by atoms with van der Waals surface area (Å²) in [5.74, 6) is 2.02. The minimum Gasteiger partial charge on any atom is -0.493 e. The molecule has 6 heteroatoms.